The van der Waals surface area contributed by atoms with E-state index < -0.39 is 23.2 Å². The molecule has 0 saturated heterocycles. The van der Waals surface area contributed by atoms with Crippen molar-refractivity contribution in [2.45, 2.75) is 0 Å². The van der Waals surface area contributed by atoms with Crippen LogP contribution >= 0.6 is 0 Å². The average molecular weight is 231 g/mol. The number of nitrogens with one attached hydrogen (secondary N) is 1. The second-order valence-electron chi connectivity index (χ2n) is 3.01. The minimum absolute atomic E-state index is 0.0837. The summed E-state index contributed by atoms with van der Waals surface area (Å²) in [5, 5.41) is 11.1. The van der Waals surface area contributed by atoms with E-state index in [1.165, 1.54) is 13.2 Å². The van der Waals surface area contributed by atoms with E-state index in [2.05, 4.69) is 5.32 Å². The lowest BCUT2D eigenvalue weighted by Gasteiger charge is -2.08. The summed E-state index contributed by atoms with van der Waals surface area (Å²) >= 11 is 0. The van der Waals surface area contributed by atoms with Gasteiger partial charge < -0.3 is 15.2 Å². The summed E-state index contributed by atoms with van der Waals surface area (Å²) < 4.78 is 31.2. The monoisotopic (exact) mass is 231 g/mol. The zero-order chi connectivity index (χ0) is 12.1. The summed E-state index contributed by atoms with van der Waals surface area (Å²) in [4.78, 5) is 10.5. The van der Waals surface area contributed by atoms with Gasteiger partial charge in [-0.15, -0.1) is 0 Å². The minimum Gasteiger partial charge on any atom is -0.478 e. The Balaban J connectivity index is 2.89. The van der Waals surface area contributed by atoms with Gasteiger partial charge in [-0.25, -0.2) is 13.6 Å². The number of ether oxygens (including phenoxy) is 1. The van der Waals surface area contributed by atoms with Crippen molar-refractivity contribution in [1.29, 1.82) is 0 Å². The number of aromatic carboxylic acids is 1. The lowest BCUT2D eigenvalue weighted by Crippen LogP contribution is -2.11. The first-order chi connectivity index (χ1) is 7.57. The highest BCUT2D eigenvalue weighted by Gasteiger charge is 2.17. The smallest absolute Gasteiger partial charge is 0.338 e. The molecule has 0 amide bonds. The van der Waals surface area contributed by atoms with Gasteiger partial charge in [0.25, 0.3) is 0 Å². The molecule has 2 N–H and O–H groups in total. The van der Waals surface area contributed by atoms with Crippen LogP contribution in [0.25, 0.3) is 0 Å². The molecule has 4 nitrogen and oxygen atoms in total. The van der Waals surface area contributed by atoms with Crippen molar-refractivity contribution in [3.63, 3.8) is 0 Å². The van der Waals surface area contributed by atoms with Crippen LogP contribution < -0.4 is 5.32 Å². The molecule has 0 bridgehead atoms. The fraction of sp³-hybridized carbons (Fsp3) is 0.300. The highest BCUT2D eigenvalue weighted by Crippen LogP contribution is 2.20. The van der Waals surface area contributed by atoms with Gasteiger partial charge in [0.05, 0.1) is 17.9 Å². The maximum absolute atomic E-state index is 13.3. The lowest BCUT2D eigenvalue weighted by molar-refractivity contribution is 0.0690. The Hall–Kier alpha value is -1.69. The second kappa shape index (κ2) is 5.41. The largest absolute Gasteiger partial charge is 0.478 e. The van der Waals surface area contributed by atoms with Crippen molar-refractivity contribution >= 4 is 11.7 Å². The van der Waals surface area contributed by atoms with Gasteiger partial charge in [-0.3, -0.25) is 0 Å². The predicted octanol–water partition coefficient (Wildman–Crippen LogP) is 1.72. The van der Waals surface area contributed by atoms with E-state index in [0.29, 0.717) is 13.2 Å². The molecular weight excluding hydrogens is 220 g/mol. The molecule has 0 aliphatic rings. The number of anilines is 1. The molecule has 0 fully saturated rings. The topological polar surface area (TPSA) is 58.6 Å². The first-order valence-electron chi connectivity index (χ1n) is 4.52. The number of methoxy groups -OCH3 is 1. The van der Waals surface area contributed by atoms with Crippen LogP contribution in [0.2, 0.25) is 0 Å². The van der Waals surface area contributed by atoms with Gasteiger partial charge in [0.1, 0.15) is 0 Å². The van der Waals surface area contributed by atoms with Crippen LogP contribution in [0.3, 0.4) is 0 Å². The minimum atomic E-state index is -1.50. The highest BCUT2D eigenvalue weighted by molar-refractivity contribution is 5.88. The molecule has 0 aromatic heterocycles. The Labute approximate surface area is 90.8 Å². The number of carbonyl (C=O) groups is 1. The van der Waals surface area contributed by atoms with Crippen molar-refractivity contribution in [2.75, 3.05) is 25.6 Å². The Morgan fingerprint density at radius 1 is 1.44 bits per heavy atom. The molecule has 0 saturated carbocycles. The molecule has 0 atom stereocenters. The molecule has 88 valence electrons. The molecule has 0 heterocycles. The Kier molecular flexibility index (Phi) is 4.19. The van der Waals surface area contributed by atoms with Crippen molar-refractivity contribution in [3.8, 4) is 0 Å². The molecule has 0 spiro atoms. The van der Waals surface area contributed by atoms with Crippen LogP contribution in [0.1, 0.15) is 10.4 Å². The summed E-state index contributed by atoms with van der Waals surface area (Å²) in [6, 6.07) is 2.19. The van der Waals surface area contributed by atoms with Gasteiger partial charge in [-0.05, 0) is 12.1 Å². The maximum atomic E-state index is 13.3. The van der Waals surface area contributed by atoms with Crippen molar-refractivity contribution < 1.29 is 23.4 Å². The number of benzene rings is 1. The molecule has 1 aromatic carbocycles. The maximum Gasteiger partial charge on any atom is 0.338 e. The third-order valence-corrected chi connectivity index (χ3v) is 1.93. The van der Waals surface area contributed by atoms with Crippen LogP contribution in [0.15, 0.2) is 12.1 Å². The Bertz CT molecular complexity index is 396. The SMILES string of the molecule is COCCNc1ccc(C(=O)O)c(F)c1F. The van der Waals surface area contributed by atoms with E-state index in [1.54, 1.807) is 0 Å². The summed E-state index contributed by atoms with van der Waals surface area (Å²) in [6.07, 6.45) is 0. The average Bonchev–Trinajstić information content (AvgIpc) is 2.24. The number of halogens is 2. The van der Waals surface area contributed by atoms with Crippen LogP contribution in [0, 0.1) is 11.6 Å². The number of hydrogen-bond donors (Lipinski definition) is 2. The second-order valence-corrected chi connectivity index (χ2v) is 3.01. The highest BCUT2D eigenvalue weighted by atomic mass is 19.2. The number of carboxylic acids is 1. The van der Waals surface area contributed by atoms with Gasteiger partial charge >= 0.3 is 5.97 Å². The van der Waals surface area contributed by atoms with Gasteiger partial charge in [0.15, 0.2) is 11.6 Å². The van der Waals surface area contributed by atoms with Crippen LogP contribution in [-0.2, 0) is 4.74 Å². The summed E-state index contributed by atoms with van der Waals surface area (Å²) in [7, 11) is 1.48. The standard InChI is InChI=1S/C10H11F2NO3/c1-16-5-4-13-7-3-2-6(10(14)15)8(11)9(7)12/h2-3,13H,4-5H2,1H3,(H,14,15). The quantitative estimate of drug-likeness (QED) is 0.757. The lowest BCUT2D eigenvalue weighted by atomic mass is 10.2. The summed E-state index contributed by atoms with van der Waals surface area (Å²) in [5.41, 5.74) is -0.769. The fourth-order valence-corrected chi connectivity index (χ4v) is 1.14. The summed E-state index contributed by atoms with van der Waals surface area (Å²) in [5.74, 6) is -4.06. The van der Waals surface area contributed by atoms with Gasteiger partial charge in [0, 0.05) is 13.7 Å². The molecule has 6 heteroatoms. The Morgan fingerprint density at radius 2 is 2.12 bits per heavy atom. The number of rotatable bonds is 5. The Morgan fingerprint density at radius 3 is 2.69 bits per heavy atom. The third-order valence-electron chi connectivity index (χ3n) is 1.93. The van der Waals surface area contributed by atoms with Gasteiger partial charge in [-0.2, -0.15) is 0 Å². The molecule has 0 radical (unpaired) electrons. The zero-order valence-electron chi connectivity index (χ0n) is 8.59. The first kappa shape index (κ1) is 12.4. The van der Waals surface area contributed by atoms with Gasteiger partial charge in [-0.1, -0.05) is 0 Å². The number of carboxylic acid groups (broad SMARTS) is 1. The summed E-state index contributed by atoms with van der Waals surface area (Å²) in [6.45, 7) is 0.640. The molecular formula is C10H11F2NO3. The van der Waals surface area contributed by atoms with E-state index >= 15 is 0 Å². The number of hydrogen-bond acceptors (Lipinski definition) is 3. The normalized spacial score (nSPS) is 10.2. The van der Waals surface area contributed by atoms with E-state index in [9.17, 15) is 13.6 Å². The van der Waals surface area contributed by atoms with Crippen molar-refractivity contribution in [3.05, 3.63) is 29.3 Å². The van der Waals surface area contributed by atoms with E-state index in [0.717, 1.165) is 6.07 Å². The third kappa shape index (κ3) is 2.66. The van der Waals surface area contributed by atoms with Crippen molar-refractivity contribution in [2.24, 2.45) is 0 Å². The van der Waals surface area contributed by atoms with Gasteiger partial charge in [0.2, 0.25) is 0 Å². The molecule has 0 unspecified atom stereocenters. The van der Waals surface area contributed by atoms with E-state index in [-0.39, 0.29) is 5.69 Å². The molecule has 16 heavy (non-hydrogen) atoms. The molecule has 1 rings (SSSR count). The molecule has 0 aliphatic carbocycles. The van der Waals surface area contributed by atoms with Crippen LogP contribution in [0.4, 0.5) is 14.5 Å². The fourth-order valence-electron chi connectivity index (χ4n) is 1.14. The predicted molar refractivity (Wildman–Crippen MR) is 53.7 cm³/mol. The first-order valence-corrected chi connectivity index (χ1v) is 4.52. The molecule has 1 aromatic rings. The van der Waals surface area contributed by atoms with E-state index in [1.807, 2.05) is 0 Å². The van der Waals surface area contributed by atoms with E-state index in [4.69, 9.17) is 9.84 Å². The zero-order valence-corrected chi connectivity index (χ0v) is 8.59. The molecule has 0 aliphatic heterocycles. The van der Waals surface area contributed by atoms with Crippen LogP contribution in [-0.4, -0.2) is 31.3 Å². The van der Waals surface area contributed by atoms with Crippen LogP contribution in [0.5, 0.6) is 0 Å². The van der Waals surface area contributed by atoms with Crippen molar-refractivity contribution in [1.82, 2.24) is 0 Å².